The van der Waals surface area contributed by atoms with Crippen LogP contribution in [-0.2, 0) is 6.42 Å². The van der Waals surface area contributed by atoms with Gasteiger partial charge in [0.15, 0.2) is 0 Å². The predicted molar refractivity (Wildman–Crippen MR) is 78.3 cm³/mol. The Labute approximate surface area is 120 Å². The van der Waals surface area contributed by atoms with E-state index in [4.69, 9.17) is 22.2 Å². The standard InChI is InChI=1S/C14H15ClN2O3/c1-20-17-8-11(14(15)19)13(18)10-7-9(3-2-6-16)4-5-12(10)17/h4-5,7-8H,2-3,6,16H2,1H3. The molecule has 2 aromatic rings. The van der Waals surface area contributed by atoms with Crippen molar-refractivity contribution in [3.05, 3.63) is 45.7 Å². The summed E-state index contributed by atoms with van der Waals surface area (Å²) in [6.45, 7) is 0.584. The van der Waals surface area contributed by atoms with Crippen LogP contribution in [0.1, 0.15) is 22.3 Å². The minimum absolute atomic E-state index is 0.100. The van der Waals surface area contributed by atoms with Gasteiger partial charge in [0.2, 0.25) is 5.43 Å². The summed E-state index contributed by atoms with van der Waals surface area (Å²) in [6.07, 6.45) is 2.91. The monoisotopic (exact) mass is 294 g/mol. The summed E-state index contributed by atoms with van der Waals surface area (Å²) in [7, 11) is 1.45. The Morgan fingerprint density at radius 1 is 1.45 bits per heavy atom. The highest BCUT2D eigenvalue weighted by Gasteiger charge is 2.14. The van der Waals surface area contributed by atoms with Crippen LogP contribution in [0, 0.1) is 0 Å². The molecule has 106 valence electrons. The maximum atomic E-state index is 12.3. The van der Waals surface area contributed by atoms with E-state index in [9.17, 15) is 9.59 Å². The number of rotatable bonds is 5. The number of carbonyl (C=O) groups is 1. The molecule has 0 spiro atoms. The van der Waals surface area contributed by atoms with Crippen LogP contribution in [0.3, 0.4) is 0 Å². The molecule has 0 radical (unpaired) electrons. The van der Waals surface area contributed by atoms with Gasteiger partial charge < -0.3 is 10.6 Å². The molecule has 2 N–H and O–H groups in total. The molecule has 0 amide bonds. The van der Waals surface area contributed by atoms with Gasteiger partial charge in [-0.3, -0.25) is 9.59 Å². The van der Waals surface area contributed by atoms with Gasteiger partial charge in [0.05, 0.1) is 17.1 Å². The van der Waals surface area contributed by atoms with Crippen molar-refractivity contribution in [3.8, 4) is 0 Å². The van der Waals surface area contributed by atoms with Gasteiger partial charge in [-0.15, -0.1) is 0 Å². The quantitative estimate of drug-likeness (QED) is 0.844. The smallest absolute Gasteiger partial charge is 0.257 e. The minimum Gasteiger partial charge on any atom is -0.417 e. The summed E-state index contributed by atoms with van der Waals surface area (Å²) in [5.41, 5.74) is 6.58. The highest BCUT2D eigenvalue weighted by Crippen LogP contribution is 2.15. The summed E-state index contributed by atoms with van der Waals surface area (Å²) in [6, 6.07) is 5.45. The highest BCUT2D eigenvalue weighted by atomic mass is 35.5. The molecule has 1 aromatic carbocycles. The first-order chi connectivity index (χ1) is 9.58. The molecule has 0 bridgehead atoms. The molecule has 20 heavy (non-hydrogen) atoms. The fraction of sp³-hybridized carbons (Fsp3) is 0.286. The third-order valence-corrected chi connectivity index (χ3v) is 3.32. The van der Waals surface area contributed by atoms with Crippen LogP contribution >= 0.6 is 11.6 Å². The second-order valence-corrected chi connectivity index (χ2v) is 4.74. The summed E-state index contributed by atoms with van der Waals surface area (Å²) < 4.78 is 1.36. The lowest BCUT2D eigenvalue weighted by Gasteiger charge is -2.11. The zero-order valence-electron chi connectivity index (χ0n) is 11.1. The van der Waals surface area contributed by atoms with Crippen LogP contribution in [0.4, 0.5) is 0 Å². The van der Waals surface area contributed by atoms with Crippen molar-refractivity contribution in [2.24, 2.45) is 5.73 Å². The average molecular weight is 295 g/mol. The number of aromatic nitrogens is 1. The molecule has 0 aliphatic heterocycles. The van der Waals surface area contributed by atoms with E-state index in [-0.39, 0.29) is 11.0 Å². The molecule has 0 unspecified atom stereocenters. The zero-order chi connectivity index (χ0) is 14.7. The Kier molecular flexibility index (Phi) is 4.42. The van der Waals surface area contributed by atoms with Gasteiger partial charge in [0.1, 0.15) is 12.7 Å². The largest absolute Gasteiger partial charge is 0.417 e. The lowest BCUT2D eigenvalue weighted by atomic mass is 10.1. The zero-order valence-corrected chi connectivity index (χ0v) is 11.8. The number of fused-ring (bicyclic) bond motifs is 1. The SMILES string of the molecule is COn1cc(C(=O)Cl)c(=O)c2cc(CCCN)ccc21. The normalized spacial score (nSPS) is 10.8. The summed E-state index contributed by atoms with van der Waals surface area (Å²) >= 11 is 5.44. The molecular weight excluding hydrogens is 280 g/mol. The summed E-state index contributed by atoms with van der Waals surface area (Å²) in [4.78, 5) is 28.7. The van der Waals surface area contributed by atoms with E-state index in [1.807, 2.05) is 6.07 Å². The first-order valence-electron chi connectivity index (χ1n) is 6.21. The predicted octanol–water partition coefficient (Wildman–Crippen LogP) is 1.33. The van der Waals surface area contributed by atoms with Gasteiger partial charge in [-0.25, -0.2) is 0 Å². The lowest BCUT2D eigenvalue weighted by Crippen LogP contribution is -2.19. The number of carbonyl (C=O) groups excluding carboxylic acids is 1. The van der Waals surface area contributed by atoms with Crippen molar-refractivity contribution < 1.29 is 9.63 Å². The van der Waals surface area contributed by atoms with E-state index in [0.717, 1.165) is 18.4 Å². The van der Waals surface area contributed by atoms with Crippen molar-refractivity contribution in [1.29, 1.82) is 0 Å². The first-order valence-corrected chi connectivity index (χ1v) is 6.59. The Morgan fingerprint density at radius 2 is 2.20 bits per heavy atom. The molecule has 0 atom stereocenters. The van der Waals surface area contributed by atoms with E-state index >= 15 is 0 Å². The van der Waals surface area contributed by atoms with Crippen molar-refractivity contribution in [2.75, 3.05) is 13.7 Å². The van der Waals surface area contributed by atoms with Crippen LogP contribution in [0.5, 0.6) is 0 Å². The van der Waals surface area contributed by atoms with E-state index in [1.54, 1.807) is 12.1 Å². The molecule has 2 rings (SSSR count). The van der Waals surface area contributed by atoms with E-state index in [2.05, 4.69) is 0 Å². The third-order valence-electron chi connectivity index (χ3n) is 3.11. The number of pyridine rings is 1. The molecule has 0 fully saturated rings. The molecule has 0 aliphatic carbocycles. The maximum absolute atomic E-state index is 12.3. The number of nitrogens with zero attached hydrogens (tertiary/aromatic N) is 1. The maximum Gasteiger partial charge on any atom is 0.257 e. The third kappa shape index (κ3) is 2.69. The molecule has 6 heteroatoms. The van der Waals surface area contributed by atoms with Gasteiger partial charge in [-0.2, -0.15) is 4.73 Å². The van der Waals surface area contributed by atoms with Crippen molar-refractivity contribution in [3.63, 3.8) is 0 Å². The highest BCUT2D eigenvalue weighted by molar-refractivity contribution is 6.67. The molecule has 0 saturated heterocycles. The van der Waals surface area contributed by atoms with Gasteiger partial charge >= 0.3 is 0 Å². The number of nitrogens with two attached hydrogens (primary N) is 1. The van der Waals surface area contributed by atoms with Crippen LogP contribution in [0.25, 0.3) is 10.9 Å². The van der Waals surface area contributed by atoms with Crippen LogP contribution in [-0.4, -0.2) is 23.6 Å². The van der Waals surface area contributed by atoms with Gasteiger partial charge in [0.25, 0.3) is 5.24 Å². The molecule has 1 aromatic heterocycles. The second-order valence-electron chi connectivity index (χ2n) is 4.40. The van der Waals surface area contributed by atoms with Gasteiger partial charge in [0, 0.05) is 0 Å². The van der Waals surface area contributed by atoms with E-state index < -0.39 is 5.24 Å². The van der Waals surface area contributed by atoms with E-state index in [0.29, 0.717) is 17.4 Å². The van der Waals surface area contributed by atoms with Crippen LogP contribution in [0.15, 0.2) is 29.2 Å². The first kappa shape index (κ1) is 14.6. The topological polar surface area (TPSA) is 74.3 Å². The Balaban J connectivity index is 2.68. The number of hydrogen-bond acceptors (Lipinski definition) is 4. The molecular formula is C14H15ClN2O3. The minimum atomic E-state index is -0.796. The lowest BCUT2D eigenvalue weighted by molar-refractivity contribution is 0.107. The summed E-state index contributed by atoms with van der Waals surface area (Å²) in [5.74, 6) is 0. The second kappa shape index (κ2) is 6.07. The number of halogens is 1. The molecule has 1 heterocycles. The average Bonchev–Trinajstić information content (AvgIpc) is 2.45. The van der Waals surface area contributed by atoms with Gasteiger partial charge in [-0.1, -0.05) is 6.07 Å². The Bertz CT molecular complexity index is 709. The summed E-state index contributed by atoms with van der Waals surface area (Å²) in [5, 5.41) is -0.386. The van der Waals surface area contributed by atoms with Crippen LogP contribution in [0.2, 0.25) is 0 Å². The van der Waals surface area contributed by atoms with Crippen molar-refractivity contribution >= 4 is 27.7 Å². The van der Waals surface area contributed by atoms with E-state index in [1.165, 1.54) is 18.0 Å². The Hall–Kier alpha value is -1.85. The molecule has 5 nitrogen and oxygen atoms in total. The number of hydrogen-bond donors (Lipinski definition) is 1. The van der Waals surface area contributed by atoms with Gasteiger partial charge in [-0.05, 0) is 48.7 Å². The molecule has 0 saturated carbocycles. The van der Waals surface area contributed by atoms with Crippen LogP contribution < -0.4 is 16.0 Å². The number of aryl methyl sites for hydroxylation is 1. The van der Waals surface area contributed by atoms with Crippen molar-refractivity contribution in [1.82, 2.24) is 4.73 Å². The fourth-order valence-electron chi connectivity index (χ4n) is 2.10. The number of benzene rings is 1. The fourth-order valence-corrected chi connectivity index (χ4v) is 2.24. The Morgan fingerprint density at radius 3 is 2.80 bits per heavy atom. The van der Waals surface area contributed by atoms with Crippen molar-refractivity contribution in [2.45, 2.75) is 12.8 Å². The molecule has 0 aliphatic rings.